The van der Waals surface area contributed by atoms with E-state index < -0.39 is 6.10 Å². The Morgan fingerprint density at radius 2 is 2.50 bits per heavy atom. The van der Waals surface area contributed by atoms with E-state index in [1.54, 1.807) is 6.20 Å². The standard InChI is InChI=1S/C9H11N3OS/c1-10-4-7(13)8-2-6-3-11-5-12-9(6)14-8/h2-3,5,7,10,13H,4H2,1H3. The highest BCUT2D eigenvalue weighted by atomic mass is 32.1. The number of thiophene rings is 1. The number of nitrogens with one attached hydrogen (secondary N) is 1. The number of rotatable bonds is 3. The summed E-state index contributed by atoms with van der Waals surface area (Å²) in [7, 11) is 1.82. The first-order valence-corrected chi connectivity index (χ1v) is 5.15. The highest BCUT2D eigenvalue weighted by Gasteiger charge is 2.10. The van der Waals surface area contributed by atoms with Gasteiger partial charge in [0.1, 0.15) is 17.3 Å². The van der Waals surface area contributed by atoms with Crippen LogP contribution in [0.3, 0.4) is 0 Å². The lowest BCUT2D eigenvalue weighted by Crippen LogP contribution is -2.15. The van der Waals surface area contributed by atoms with Gasteiger partial charge in [-0.25, -0.2) is 9.97 Å². The van der Waals surface area contributed by atoms with Crippen LogP contribution in [0.1, 0.15) is 11.0 Å². The molecule has 0 saturated carbocycles. The van der Waals surface area contributed by atoms with Crippen LogP contribution < -0.4 is 5.32 Å². The van der Waals surface area contributed by atoms with E-state index in [2.05, 4.69) is 15.3 Å². The molecule has 14 heavy (non-hydrogen) atoms. The molecular weight excluding hydrogens is 198 g/mol. The molecule has 0 bridgehead atoms. The zero-order chi connectivity index (χ0) is 9.97. The highest BCUT2D eigenvalue weighted by Crippen LogP contribution is 2.27. The van der Waals surface area contributed by atoms with Crippen molar-refractivity contribution in [1.82, 2.24) is 15.3 Å². The Morgan fingerprint density at radius 1 is 1.64 bits per heavy atom. The van der Waals surface area contributed by atoms with Crippen LogP contribution in [0.25, 0.3) is 10.2 Å². The third-order valence-corrected chi connectivity index (χ3v) is 3.10. The molecule has 0 aromatic carbocycles. The SMILES string of the molecule is CNCC(O)c1cc2cncnc2s1. The minimum Gasteiger partial charge on any atom is -0.386 e. The molecular formula is C9H11N3OS. The number of nitrogens with zero attached hydrogens (tertiary/aromatic N) is 2. The molecule has 4 nitrogen and oxygen atoms in total. The van der Waals surface area contributed by atoms with Gasteiger partial charge in [-0.2, -0.15) is 0 Å². The van der Waals surface area contributed by atoms with E-state index in [1.165, 1.54) is 17.7 Å². The molecule has 0 spiro atoms. The van der Waals surface area contributed by atoms with E-state index in [1.807, 2.05) is 13.1 Å². The predicted molar refractivity (Wildman–Crippen MR) is 56.3 cm³/mol. The van der Waals surface area contributed by atoms with Crippen LogP contribution in [0.15, 0.2) is 18.6 Å². The summed E-state index contributed by atoms with van der Waals surface area (Å²) in [5, 5.41) is 13.6. The first-order chi connectivity index (χ1) is 6.81. The molecule has 0 aliphatic carbocycles. The van der Waals surface area contributed by atoms with Gasteiger partial charge in [-0.05, 0) is 13.1 Å². The maximum absolute atomic E-state index is 9.72. The van der Waals surface area contributed by atoms with Gasteiger partial charge in [0.25, 0.3) is 0 Å². The summed E-state index contributed by atoms with van der Waals surface area (Å²) < 4.78 is 0. The lowest BCUT2D eigenvalue weighted by Gasteiger charge is -2.05. The third-order valence-electron chi connectivity index (χ3n) is 1.94. The van der Waals surface area contributed by atoms with Gasteiger partial charge in [0, 0.05) is 23.0 Å². The molecule has 5 heteroatoms. The van der Waals surface area contributed by atoms with Gasteiger partial charge in [-0.15, -0.1) is 11.3 Å². The maximum atomic E-state index is 9.72. The zero-order valence-corrected chi connectivity index (χ0v) is 8.58. The average molecular weight is 209 g/mol. The van der Waals surface area contributed by atoms with Crippen molar-refractivity contribution in [1.29, 1.82) is 0 Å². The van der Waals surface area contributed by atoms with E-state index in [9.17, 15) is 5.11 Å². The monoisotopic (exact) mass is 209 g/mol. The molecule has 2 N–H and O–H groups in total. The van der Waals surface area contributed by atoms with Gasteiger partial charge >= 0.3 is 0 Å². The van der Waals surface area contributed by atoms with E-state index >= 15 is 0 Å². The van der Waals surface area contributed by atoms with Crippen LogP contribution >= 0.6 is 11.3 Å². The molecule has 2 rings (SSSR count). The number of fused-ring (bicyclic) bond motifs is 1. The Labute approximate surface area is 85.6 Å². The molecule has 0 saturated heterocycles. The van der Waals surface area contributed by atoms with E-state index in [0.29, 0.717) is 6.54 Å². The number of aliphatic hydroxyl groups excluding tert-OH is 1. The Kier molecular flexibility index (Phi) is 2.72. The van der Waals surface area contributed by atoms with Gasteiger partial charge in [-0.3, -0.25) is 0 Å². The highest BCUT2D eigenvalue weighted by molar-refractivity contribution is 7.18. The third kappa shape index (κ3) is 1.75. The van der Waals surface area contributed by atoms with Gasteiger partial charge in [0.15, 0.2) is 0 Å². The Balaban J connectivity index is 2.35. The minimum absolute atomic E-state index is 0.459. The van der Waals surface area contributed by atoms with Gasteiger partial charge in [-0.1, -0.05) is 0 Å². The molecule has 0 aliphatic rings. The van der Waals surface area contributed by atoms with E-state index in [0.717, 1.165) is 15.1 Å². The lowest BCUT2D eigenvalue weighted by molar-refractivity contribution is 0.181. The van der Waals surface area contributed by atoms with Crippen LogP contribution in [0.2, 0.25) is 0 Å². The quantitative estimate of drug-likeness (QED) is 0.790. The Hall–Kier alpha value is -1.04. The average Bonchev–Trinajstić information content (AvgIpc) is 2.61. The van der Waals surface area contributed by atoms with Crippen molar-refractivity contribution >= 4 is 21.6 Å². The fraction of sp³-hybridized carbons (Fsp3) is 0.333. The number of hydrogen-bond donors (Lipinski definition) is 2. The first-order valence-electron chi connectivity index (χ1n) is 4.33. The largest absolute Gasteiger partial charge is 0.386 e. The summed E-state index contributed by atoms with van der Waals surface area (Å²) in [6, 6.07) is 1.93. The fourth-order valence-corrected chi connectivity index (χ4v) is 2.22. The van der Waals surface area contributed by atoms with Crippen molar-refractivity contribution in [2.75, 3.05) is 13.6 Å². The van der Waals surface area contributed by atoms with Gasteiger partial charge < -0.3 is 10.4 Å². The minimum atomic E-state index is -0.459. The number of aromatic nitrogens is 2. The summed E-state index contributed by atoms with van der Waals surface area (Å²) in [6.07, 6.45) is 2.82. The maximum Gasteiger partial charge on any atom is 0.127 e. The number of aliphatic hydroxyl groups is 1. The van der Waals surface area contributed by atoms with Crippen molar-refractivity contribution in [3.05, 3.63) is 23.5 Å². The zero-order valence-electron chi connectivity index (χ0n) is 7.77. The normalized spacial score (nSPS) is 13.3. The van der Waals surface area contributed by atoms with Crippen molar-refractivity contribution < 1.29 is 5.11 Å². The second kappa shape index (κ2) is 4.00. The molecule has 2 heterocycles. The van der Waals surface area contributed by atoms with Crippen molar-refractivity contribution in [2.24, 2.45) is 0 Å². The van der Waals surface area contributed by atoms with E-state index in [4.69, 9.17) is 0 Å². The summed E-state index contributed by atoms with van der Waals surface area (Å²) in [4.78, 5) is 9.90. The molecule has 2 aromatic heterocycles. The molecule has 0 fully saturated rings. The summed E-state index contributed by atoms with van der Waals surface area (Å²) in [5.41, 5.74) is 0. The fourth-order valence-electron chi connectivity index (χ4n) is 1.27. The summed E-state index contributed by atoms with van der Waals surface area (Å²) >= 11 is 1.50. The summed E-state index contributed by atoms with van der Waals surface area (Å²) in [5.74, 6) is 0. The van der Waals surface area contributed by atoms with Crippen molar-refractivity contribution in [3.8, 4) is 0 Å². The second-order valence-electron chi connectivity index (χ2n) is 3.01. The van der Waals surface area contributed by atoms with E-state index in [-0.39, 0.29) is 0 Å². The van der Waals surface area contributed by atoms with Gasteiger partial charge in [0.05, 0.1) is 0 Å². The Bertz CT molecular complexity index is 396. The molecule has 0 amide bonds. The molecule has 2 aromatic rings. The number of likely N-dealkylation sites (N-methyl/N-ethyl adjacent to an activating group) is 1. The lowest BCUT2D eigenvalue weighted by atomic mass is 10.2. The molecule has 74 valence electrons. The van der Waals surface area contributed by atoms with Crippen LogP contribution in [0, 0.1) is 0 Å². The second-order valence-corrected chi connectivity index (χ2v) is 4.07. The van der Waals surface area contributed by atoms with Crippen LogP contribution in [0.4, 0.5) is 0 Å². The van der Waals surface area contributed by atoms with Crippen LogP contribution in [-0.2, 0) is 0 Å². The van der Waals surface area contributed by atoms with Crippen LogP contribution in [-0.4, -0.2) is 28.7 Å². The topological polar surface area (TPSA) is 58.0 Å². The van der Waals surface area contributed by atoms with Crippen molar-refractivity contribution in [3.63, 3.8) is 0 Å². The molecule has 0 aliphatic heterocycles. The molecule has 0 radical (unpaired) electrons. The van der Waals surface area contributed by atoms with Crippen molar-refractivity contribution in [2.45, 2.75) is 6.10 Å². The number of hydrogen-bond acceptors (Lipinski definition) is 5. The molecule has 1 unspecified atom stereocenters. The van der Waals surface area contributed by atoms with Crippen LogP contribution in [0.5, 0.6) is 0 Å². The van der Waals surface area contributed by atoms with Gasteiger partial charge in [0.2, 0.25) is 0 Å². The molecule has 1 atom stereocenters. The Morgan fingerprint density at radius 3 is 3.21 bits per heavy atom. The smallest absolute Gasteiger partial charge is 0.127 e. The summed E-state index contributed by atoms with van der Waals surface area (Å²) in [6.45, 7) is 0.556. The predicted octanol–water partition coefficient (Wildman–Crippen LogP) is 0.944. The first kappa shape index (κ1) is 9.51.